The fourth-order valence-corrected chi connectivity index (χ4v) is 1.43. The van der Waals surface area contributed by atoms with Gasteiger partial charge in [0, 0.05) is 5.25 Å². The van der Waals surface area contributed by atoms with Crippen LogP contribution >= 0.6 is 11.9 Å². The highest BCUT2D eigenvalue weighted by Gasteiger charge is 2.16. The third-order valence-corrected chi connectivity index (χ3v) is 2.37. The molecule has 0 aromatic heterocycles. The quantitative estimate of drug-likeness (QED) is 0.456. The lowest BCUT2D eigenvalue weighted by atomic mass is 10.0. The normalized spacial score (nSPS) is 19.5. The standard InChI is InChI=1S/C5H9NOS/c7-4-6-8-5-2-1-3-5/h4-5H,1-3H2,(H,6,7). The van der Waals surface area contributed by atoms with E-state index >= 15 is 0 Å². The summed E-state index contributed by atoms with van der Waals surface area (Å²) in [5, 5.41) is 0.709. The molecule has 0 unspecified atom stereocenters. The lowest BCUT2D eigenvalue weighted by molar-refractivity contribution is -0.107. The van der Waals surface area contributed by atoms with Crippen LogP contribution in [0.1, 0.15) is 19.3 Å². The van der Waals surface area contributed by atoms with E-state index in [-0.39, 0.29) is 0 Å². The molecule has 3 heteroatoms. The van der Waals surface area contributed by atoms with Crippen molar-refractivity contribution in [2.75, 3.05) is 0 Å². The molecular weight excluding hydrogens is 122 g/mol. The van der Waals surface area contributed by atoms with Gasteiger partial charge in [0.15, 0.2) is 0 Å². The van der Waals surface area contributed by atoms with Gasteiger partial charge in [0.2, 0.25) is 6.41 Å². The zero-order valence-corrected chi connectivity index (χ0v) is 5.41. The van der Waals surface area contributed by atoms with Gasteiger partial charge in [-0.3, -0.25) is 4.79 Å². The van der Waals surface area contributed by atoms with Crippen LogP contribution in [0.4, 0.5) is 0 Å². The molecular formula is C5H9NOS. The highest BCUT2D eigenvalue weighted by atomic mass is 32.2. The minimum absolute atomic E-state index is 0.709. The van der Waals surface area contributed by atoms with Gasteiger partial charge in [0.25, 0.3) is 0 Å². The second kappa shape index (κ2) is 2.97. The maximum absolute atomic E-state index is 9.72. The molecule has 2 nitrogen and oxygen atoms in total. The second-order valence-corrected chi connectivity index (χ2v) is 3.04. The van der Waals surface area contributed by atoms with Gasteiger partial charge < -0.3 is 4.72 Å². The zero-order valence-electron chi connectivity index (χ0n) is 4.59. The monoisotopic (exact) mass is 131 g/mol. The Kier molecular flexibility index (Phi) is 2.21. The number of hydrogen-bond acceptors (Lipinski definition) is 2. The molecule has 0 saturated heterocycles. The molecule has 0 bridgehead atoms. The molecule has 1 amide bonds. The van der Waals surface area contributed by atoms with Crippen molar-refractivity contribution in [1.29, 1.82) is 0 Å². The van der Waals surface area contributed by atoms with Crippen molar-refractivity contribution < 1.29 is 4.79 Å². The first kappa shape index (κ1) is 5.95. The zero-order chi connectivity index (χ0) is 5.82. The molecule has 1 rings (SSSR count). The van der Waals surface area contributed by atoms with Crippen LogP contribution in [0, 0.1) is 0 Å². The molecule has 1 N–H and O–H groups in total. The lowest BCUT2D eigenvalue weighted by Crippen LogP contribution is -2.18. The molecule has 1 aliphatic rings. The van der Waals surface area contributed by atoms with Crippen molar-refractivity contribution in [3.05, 3.63) is 0 Å². The Morgan fingerprint density at radius 1 is 1.62 bits per heavy atom. The van der Waals surface area contributed by atoms with Crippen molar-refractivity contribution in [3.63, 3.8) is 0 Å². The number of carbonyl (C=O) groups is 1. The van der Waals surface area contributed by atoms with Crippen LogP contribution in [0.3, 0.4) is 0 Å². The second-order valence-electron chi connectivity index (χ2n) is 1.91. The van der Waals surface area contributed by atoms with Crippen molar-refractivity contribution in [2.24, 2.45) is 0 Å². The molecule has 1 saturated carbocycles. The minimum Gasteiger partial charge on any atom is -0.303 e. The van der Waals surface area contributed by atoms with Crippen molar-refractivity contribution in [2.45, 2.75) is 24.5 Å². The topological polar surface area (TPSA) is 29.1 Å². The molecule has 8 heavy (non-hydrogen) atoms. The summed E-state index contributed by atoms with van der Waals surface area (Å²) in [7, 11) is 0. The average molecular weight is 131 g/mol. The Morgan fingerprint density at radius 2 is 2.38 bits per heavy atom. The Labute approximate surface area is 53.2 Å². The maximum atomic E-state index is 9.72. The SMILES string of the molecule is O=CNSC1CCC1. The van der Waals surface area contributed by atoms with E-state index in [1.165, 1.54) is 19.3 Å². The van der Waals surface area contributed by atoms with Gasteiger partial charge in [-0.2, -0.15) is 0 Å². The largest absolute Gasteiger partial charge is 0.303 e. The van der Waals surface area contributed by atoms with E-state index in [0.29, 0.717) is 5.25 Å². The lowest BCUT2D eigenvalue weighted by Gasteiger charge is -2.22. The van der Waals surface area contributed by atoms with Crippen LogP contribution in [0.15, 0.2) is 0 Å². The van der Waals surface area contributed by atoms with Gasteiger partial charge in [-0.05, 0) is 24.8 Å². The van der Waals surface area contributed by atoms with Crippen LogP contribution < -0.4 is 4.72 Å². The third kappa shape index (κ3) is 1.40. The van der Waals surface area contributed by atoms with Crippen LogP contribution in [0.5, 0.6) is 0 Å². The summed E-state index contributed by atoms with van der Waals surface area (Å²) >= 11 is 1.55. The van der Waals surface area contributed by atoms with Crippen molar-refractivity contribution >= 4 is 18.4 Å². The number of hydrogen-bond donors (Lipinski definition) is 1. The van der Waals surface area contributed by atoms with Gasteiger partial charge in [-0.1, -0.05) is 6.42 Å². The summed E-state index contributed by atoms with van der Waals surface area (Å²) in [6.07, 6.45) is 4.61. The first-order chi connectivity index (χ1) is 3.93. The molecule has 0 aliphatic heterocycles. The highest BCUT2D eigenvalue weighted by Crippen LogP contribution is 2.28. The molecule has 0 atom stereocenters. The van der Waals surface area contributed by atoms with E-state index in [2.05, 4.69) is 4.72 Å². The molecule has 1 fully saturated rings. The summed E-state index contributed by atoms with van der Waals surface area (Å²) in [6, 6.07) is 0. The van der Waals surface area contributed by atoms with Gasteiger partial charge >= 0.3 is 0 Å². The molecule has 0 heterocycles. The number of nitrogens with one attached hydrogen (secondary N) is 1. The van der Waals surface area contributed by atoms with E-state index < -0.39 is 0 Å². The Bertz CT molecular complexity index is 82.5. The van der Waals surface area contributed by atoms with Gasteiger partial charge in [-0.25, -0.2) is 0 Å². The Hall–Kier alpha value is -0.180. The first-order valence-corrected chi connectivity index (χ1v) is 3.66. The molecule has 0 aromatic carbocycles. The van der Waals surface area contributed by atoms with E-state index in [1.807, 2.05) is 0 Å². The van der Waals surface area contributed by atoms with Crippen molar-refractivity contribution in [1.82, 2.24) is 4.72 Å². The Balaban J connectivity index is 1.93. The highest BCUT2D eigenvalue weighted by molar-refractivity contribution is 7.98. The van der Waals surface area contributed by atoms with Crippen LogP contribution in [-0.2, 0) is 4.79 Å². The number of rotatable bonds is 3. The van der Waals surface area contributed by atoms with E-state index in [0.717, 1.165) is 6.41 Å². The predicted molar refractivity (Wildman–Crippen MR) is 34.4 cm³/mol. The van der Waals surface area contributed by atoms with Crippen LogP contribution in [0.25, 0.3) is 0 Å². The van der Waals surface area contributed by atoms with E-state index in [4.69, 9.17) is 0 Å². The minimum atomic E-state index is 0.709. The number of carbonyl (C=O) groups excluding carboxylic acids is 1. The molecule has 0 aromatic rings. The first-order valence-electron chi connectivity index (χ1n) is 2.78. The van der Waals surface area contributed by atoms with Gasteiger partial charge in [-0.15, -0.1) is 0 Å². The summed E-state index contributed by atoms with van der Waals surface area (Å²) in [4.78, 5) is 9.72. The van der Waals surface area contributed by atoms with Gasteiger partial charge in [0.1, 0.15) is 0 Å². The summed E-state index contributed by atoms with van der Waals surface area (Å²) in [6.45, 7) is 0. The molecule has 46 valence electrons. The summed E-state index contributed by atoms with van der Waals surface area (Å²) in [5.41, 5.74) is 0. The van der Waals surface area contributed by atoms with Crippen molar-refractivity contribution in [3.8, 4) is 0 Å². The van der Waals surface area contributed by atoms with Gasteiger partial charge in [0.05, 0.1) is 0 Å². The molecule has 0 spiro atoms. The average Bonchev–Trinajstić information content (AvgIpc) is 1.63. The maximum Gasteiger partial charge on any atom is 0.216 e. The van der Waals surface area contributed by atoms with Crippen LogP contribution in [0.2, 0.25) is 0 Å². The van der Waals surface area contributed by atoms with E-state index in [9.17, 15) is 4.79 Å². The molecule has 0 radical (unpaired) electrons. The van der Waals surface area contributed by atoms with E-state index in [1.54, 1.807) is 11.9 Å². The Morgan fingerprint density at radius 3 is 2.75 bits per heavy atom. The van der Waals surface area contributed by atoms with Crippen LogP contribution in [-0.4, -0.2) is 11.7 Å². The number of amides is 1. The molecule has 1 aliphatic carbocycles. The third-order valence-electron chi connectivity index (χ3n) is 1.34. The fourth-order valence-electron chi connectivity index (χ4n) is 0.613. The fraction of sp³-hybridized carbons (Fsp3) is 0.800. The predicted octanol–water partition coefficient (Wildman–Crippen LogP) is 0.933. The smallest absolute Gasteiger partial charge is 0.216 e. The summed E-state index contributed by atoms with van der Waals surface area (Å²) in [5.74, 6) is 0. The summed E-state index contributed by atoms with van der Waals surface area (Å²) < 4.78 is 2.59.